The monoisotopic (exact) mass is 291 g/mol. The standard InChI is InChI=1S/C15H21N3O3/c1-10(12-5-3-4-6-12)15(19)18-7-8-20-9-13(18)14-16-11(2)17-21-14/h13H,3-9H2,1-2H3. The summed E-state index contributed by atoms with van der Waals surface area (Å²) in [6, 6.07) is -0.274. The number of carbonyl (C=O) groups is 1. The van der Waals surface area contributed by atoms with Crippen molar-refractivity contribution < 1.29 is 14.1 Å². The summed E-state index contributed by atoms with van der Waals surface area (Å²) in [6.45, 7) is 5.24. The largest absolute Gasteiger partial charge is 0.377 e. The van der Waals surface area contributed by atoms with Crippen molar-refractivity contribution in [1.29, 1.82) is 0 Å². The smallest absolute Gasteiger partial charge is 0.251 e. The maximum atomic E-state index is 12.8. The normalized spacial score (nSPS) is 22.7. The number of morpholine rings is 1. The molecular weight excluding hydrogens is 270 g/mol. The molecule has 6 heteroatoms. The van der Waals surface area contributed by atoms with Crippen LogP contribution < -0.4 is 0 Å². The Morgan fingerprint density at radius 2 is 2.10 bits per heavy atom. The van der Waals surface area contributed by atoms with Gasteiger partial charge in [0, 0.05) is 12.1 Å². The van der Waals surface area contributed by atoms with Crippen LogP contribution in [0.15, 0.2) is 15.7 Å². The van der Waals surface area contributed by atoms with E-state index in [0.717, 1.165) is 18.4 Å². The fourth-order valence-corrected chi connectivity index (χ4v) is 3.04. The molecule has 0 aromatic carbocycles. The lowest BCUT2D eigenvalue weighted by Gasteiger charge is -2.33. The van der Waals surface area contributed by atoms with Crippen molar-refractivity contribution in [2.75, 3.05) is 19.8 Å². The summed E-state index contributed by atoms with van der Waals surface area (Å²) in [5.74, 6) is 1.12. The van der Waals surface area contributed by atoms with Crippen LogP contribution in [0.4, 0.5) is 0 Å². The summed E-state index contributed by atoms with van der Waals surface area (Å²) in [4.78, 5) is 18.9. The van der Waals surface area contributed by atoms with Gasteiger partial charge in [-0.25, -0.2) is 0 Å². The van der Waals surface area contributed by atoms with Gasteiger partial charge in [-0.05, 0) is 39.5 Å². The number of allylic oxidation sites excluding steroid dienone is 1. The zero-order chi connectivity index (χ0) is 14.8. The average molecular weight is 291 g/mol. The Morgan fingerprint density at radius 1 is 1.33 bits per heavy atom. The molecule has 1 aliphatic heterocycles. The van der Waals surface area contributed by atoms with E-state index in [1.165, 1.54) is 18.4 Å². The number of amides is 1. The van der Waals surface area contributed by atoms with Crippen LogP contribution in [0.3, 0.4) is 0 Å². The summed E-state index contributed by atoms with van der Waals surface area (Å²) in [5, 5.41) is 3.82. The van der Waals surface area contributed by atoms with Crippen LogP contribution in [0.1, 0.15) is 50.4 Å². The molecule has 1 unspecified atom stereocenters. The second-order valence-corrected chi connectivity index (χ2v) is 5.70. The van der Waals surface area contributed by atoms with Crippen molar-refractivity contribution in [2.24, 2.45) is 0 Å². The van der Waals surface area contributed by atoms with Crippen LogP contribution in [0.25, 0.3) is 0 Å². The first-order valence-corrected chi connectivity index (χ1v) is 7.54. The lowest BCUT2D eigenvalue weighted by Crippen LogP contribution is -2.44. The van der Waals surface area contributed by atoms with Crippen molar-refractivity contribution in [3.63, 3.8) is 0 Å². The molecule has 1 aromatic rings. The van der Waals surface area contributed by atoms with E-state index < -0.39 is 0 Å². The van der Waals surface area contributed by atoms with E-state index in [1.54, 1.807) is 6.92 Å². The van der Waals surface area contributed by atoms with Crippen molar-refractivity contribution in [1.82, 2.24) is 15.0 Å². The van der Waals surface area contributed by atoms with Crippen LogP contribution >= 0.6 is 0 Å². The third kappa shape index (κ3) is 2.85. The van der Waals surface area contributed by atoms with Crippen LogP contribution in [-0.4, -0.2) is 40.7 Å². The molecule has 1 aliphatic carbocycles. The van der Waals surface area contributed by atoms with Crippen LogP contribution in [-0.2, 0) is 9.53 Å². The summed E-state index contributed by atoms with van der Waals surface area (Å²) in [6.07, 6.45) is 4.48. The quantitative estimate of drug-likeness (QED) is 0.781. The van der Waals surface area contributed by atoms with Crippen LogP contribution in [0.5, 0.6) is 0 Å². The highest BCUT2D eigenvalue weighted by Gasteiger charge is 2.33. The zero-order valence-electron chi connectivity index (χ0n) is 12.6. The Kier molecular flexibility index (Phi) is 4.05. The van der Waals surface area contributed by atoms with E-state index in [0.29, 0.717) is 31.5 Å². The summed E-state index contributed by atoms with van der Waals surface area (Å²) in [5.41, 5.74) is 2.18. The number of rotatable bonds is 2. The Balaban J connectivity index is 1.84. The molecule has 3 rings (SSSR count). The highest BCUT2D eigenvalue weighted by Crippen LogP contribution is 2.30. The number of carbonyl (C=O) groups excluding carboxylic acids is 1. The molecule has 0 radical (unpaired) electrons. The van der Waals surface area contributed by atoms with E-state index in [-0.39, 0.29) is 11.9 Å². The van der Waals surface area contributed by atoms with Gasteiger partial charge in [-0.3, -0.25) is 4.79 Å². The molecule has 1 atom stereocenters. The maximum Gasteiger partial charge on any atom is 0.251 e. The molecule has 21 heavy (non-hydrogen) atoms. The van der Waals surface area contributed by atoms with Gasteiger partial charge in [0.15, 0.2) is 5.82 Å². The lowest BCUT2D eigenvalue weighted by molar-refractivity contribution is -0.137. The van der Waals surface area contributed by atoms with Gasteiger partial charge in [-0.2, -0.15) is 4.98 Å². The zero-order valence-corrected chi connectivity index (χ0v) is 12.6. The van der Waals surface area contributed by atoms with E-state index in [9.17, 15) is 4.79 Å². The van der Waals surface area contributed by atoms with Gasteiger partial charge in [0.2, 0.25) is 5.91 Å². The third-order valence-electron chi connectivity index (χ3n) is 4.28. The first-order chi connectivity index (χ1) is 10.2. The maximum absolute atomic E-state index is 12.8. The molecule has 1 saturated heterocycles. The van der Waals surface area contributed by atoms with Gasteiger partial charge >= 0.3 is 0 Å². The van der Waals surface area contributed by atoms with Crippen molar-refractivity contribution in [3.05, 3.63) is 22.9 Å². The molecular formula is C15H21N3O3. The summed E-state index contributed by atoms with van der Waals surface area (Å²) >= 11 is 0. The van der Waals surface area contributed by atoms with Crippen molar-refractivity contribution in [3.8, 4) is 0 Å². The van der Waals surface area contributed by atoms with Crippen LogP contribution in [0, 0.1) is 6.92 Å². The van der Waals surface area contributed by atoms with E-state index >= 15 is 0 Å². The molecule has 1 saturated carbocycles. The van der Waals surface area contributed by atoms with Crippen molar-refractivity contribution >= 4 is 5.91 Å². The van der Waals surface area contributed by atoms with E-state index in [1.807, 2.05) is 11.8 Å². The molecule has 0 spiro atoms. The minimum Gasteiger partial charge on any atom is -0.377 e. The summed E-state index contributed by atoms with van der Waals surface area (Å²) in [7, 11) is 0. The topological polar surface area (TPSA) is 68.5 Å². The predicted octanol–water partition coefficient (Wildman–Crippen LogP) is 2.17. The third-order valence-corrected chi connectivity index (χ3v) is 4.28. The molecule has 0 N–H and O–H groups in total. The molecule has 2 heterocycles. The Bertz CT molecular complexity index is 556. The van der Waals surface area contributed by atoms with Gasteiger partial charge in [0.25, 0.3) is 5.89 Å². The number of ether oxygens (including phenoxy) is 1. The fourth-order valence-electron chi connectivity index (χ4n) is 3.04. The SMILES string of the molecule is CC(C(=O)N1CCOCC1c1nc(C)no1)=C1CCCC1. The summed E-state index contributed by atoms with van der Waals surface area (Å²) < 4.78 is 10.7. The molecule has 1 aromatic heterocycles. The molecule has 1 amide bonds. The van der Waals surface area contributed by atoms with Crippen molar-refractivity contribution in [2.45, 2.75) is 45.6 Å². The van der Waals surface area contributed by atoms with E-state index in [2.05, 4.69) is 10.1 Å². The first kappa shape index (κ1) is 14.3. The minimum atomic E-state index is -0.274. The molecule has 0 bridgehead atoms. The molecule has 2 aliphatic rings. The number of aryl methyl sites for hydroxylation is 1. The molecule has 2 fully saturated rings. The number of nitrogens with zero attached hydrogens (tertiary/aromatic N) is 3. The first-order valence-electron chi connectivity index (χ1n) is 7.54. The van der Waals surface area contributed by atoms with Gasteiger partial charge in [0.1, 0.15) is 6.04 Å². The number of hydrogen-bond acceptors (Lipinski definition) is 5. The minimum absolute atomic E-state index is 0.0797. The van der Waals surface area contributed by atoms with Crippen LogP contribution in [0.2, 0.25) is 0 Å². The highest BCUT2D eigenvalue weighted by atomic mass is 16.5. The predicted molar refractivity (Wildman–Crippen MR) is 75.5 cm³/mol. The molecule has 114 valence electrons. The second-order valence-electron chi connectivity index (χ2n) is 5.70. The Hall–Kier alpha value is -1.69. The number of hydrogen-bond donors (Lipinski definition) is 0. The van der Waals surface area contributed by atoms with Gasteiger partial charge in [0.05, 0.1) is 13.2 Å². The number of aromatic nitrogens is 2. The van der Waals surface area contributed by atoms with Gasteiger partial charge in [-0.15, -0.1) is 0 Å². The molecule has 6 nitrogen and oxygen atoms in total. The van der Waals surface area contributed by atoms with Gasteiger partial charge in [-0.1, -0.05) is 10.7 Å². The second kappa shape index (κ2) is 5.97. The average Bonchev–Trinajstić information content (AvgIpc) is 3.17. The fraction of sp³-hybridized carbons (Fsp3) is 0.667. The Labute approximate surface area is 124 Å². The lowest BCUT2D eigenvalue weighted by atomic mass is 10.1. The Morgan fingerprint density at radius 3 is 2.76 bits per heavy atom. The van der Waals surface area contributed by atoms with Gasteiger partial charge < -0.3 is 14.2 Å². The van der Waals surface area contributed by atoms with E-state index in [4.69, 9.17) is 9.26 Å². The highest BCUT2D eigenvalue weighted by molar-refractivity contribution is 5.94.